The molecule has 0 rings (SSSR count). The summed E-state index contributed by atoms with van der Waals surface area (Å²) in [6.07, 6.45) is 0. The fourth-order valence-electron chi connectivity index (χ4n) is 0. The van der Waals surface area contributed by atoms with Gasteiger partial charge in [0, 0.05) is 0 Å². The van der Waals surface area contributed by atoms with Gasteiger partial charge in [-0.2, -0.15) is 7.68 Å². The molecule has 0 aromatic rings. The molecule has 0 spiro atoms. The molecular formula is C4H14Cl4KNNaO2+. The first-order chi connectivity index (χ1) is 4.83. The Morgan fingerprint density at radius 1 is 0.846 bits per heavy atom. The second kappa shape index (κ2) is 24.8. The molecule has 0 aliphatic rings. The van der Waals surface area contributed by atoms with Crippen molar-refractivity contribution in [2.75, 3.05) is 28.2 Å². The van der Waals surface area contributed by atoms with Gasteiger partial charge in [0.25, 0.3) is 0 Å². The molecule has 0 unspecified atom stereocenters. The first kappa shape index (κ1) is 30.1. The van der Waals surface area contributed by atoms with Crippen molar-refractivity contribution in [1.82, 2.24) is 0 Å². The topological polar surface area (TPSA) is 18.5 Å². The predicted octanol–water partition coefficient (Wildman–Crippen LogP) is -2.82. The standard InChI is InChI=1S/C4H12N.2Cl2O.K.Na.2H/c1-5(2,3)4;2*1-3-2;;;;/h1-4H3;;;;;;/q+1;;;2*+1;2*-1. The predicted molar refractivity (Wildman–Crippen MR) is 51.8 cm³/mol. The first-order valence-electron chi connectivity index (χ1n) is 2.41. The van der Waals surface area contributed by atoms with Crippen molar-refractivity contribution in [2.24, 2.45) is 0 Å². The average Bonchev–Trinajstić information content (AvgIpc) is 1.62. The van der Waals surface area contributed by atoms with Crippen LogP contribution < -0.4 is 80.9 Å². The van der Waals surface area contributed by atoms with Crippen LogP contribution in [0.25, 0.3) is 0 Å². The Morgan fingerprint density at radius 3 is 0.846 bits per heavy atom. The van der Waals surface area contributed by atoms with Gasteiger partial charge in [0.15, 0.2) is 0 Å². The van der Waals surface area contributed by atoms with Crippen LogP contribution >= 0.6 is 47.5 Å². The van der Waals surface area contributed by atoms with Crippen LogP contribution in [0.5, 0.6) is 0 Å². The van der Waals surface area contributed by atoms with E-state index in [1.54, 1.807) is 0 Å². The van der Waals surface area contributed by atoms with Crippen LogP contribution in [0.2, 0.25) is 0 Å². The molecule has 76 valence electrons. The van der Waals surface area contributed by atoms with Gasteiger partial charge < -0.3 is 7.34 Å². The fraction of sp³-hybridized carbons (Fsp3) is 1.00. The molecule has 0 aromatic carbocycles. The molecule has 0 aliphatic heterocycles. The van der Waals surface area contributed by atoms with E-state index in [0.717, 1.165) is 4.48 Å². The first-order valence-corrected chi connectivity index (χ1v) is 3.64. The van der Waals surface area contributed by atoms with Crippen molar-refractivity contribution in [3.8, 4) is 0 Å². The Kier molecular flexibility index (Phi) is 57.3. The number of quaternary nitrogens is 1. The zero-order valence-electron chi connectivity index (χ0n) is 10.8. The molecule has 0 amide bonds. The van der Waals surface area contributed by atoms with Gasteiger partial charge in [0.1, 0.15) is 0 Å². The third kappa shape index (κ3) is 217. The van der Waals surface area contributed by atoms with Gasteiger partial charge in [0.05, 0.1) is 75.7 Å². The molecule has 0 aromatic heterocycles. The second-order valence-electron chi connectivity index (χ2n) is 2.80. The number of hydrogen-bond donors (Lipinski definition) is 0. The molecule has 0 saturated carbocycles. The van der Waals surface area contributed by atoms with Gasteiger partial charge in [-0.25, -0.2) is 0 Å². The van der Waals surface area contributed by atoms with Gasteiger partial charge in [-0.3, -0.25) is 0 Å². The van der Waals surface area contributed by atoms with Crippen LogP contribution in [0.3, 0.4) is 0 Å². The summed E-state index contributed by atoms with van der Waals surface area (Å²) < 4.78 is 7.39. The quantitative estimate of drug-likeness (QED) is 0.355. The molecule has 0 radical (unpaired) electrons. The van der Waals surface area contributed by atoms with Crippen LogP contribution in [0.4, 0.5) is 0 Å². The van der Waals surface area contributed by atoms with E-state index in [2.05, 4.69) is 83.3 Å². The van der Waals surface area contributed by atoms with E-state index in [4.69, 9.17) is 0 Å². The smallest absolute Gasteiger partial charge is 1.00 e. The van der Waals surface area contributed by atoms with Crippen molar-refractivity contribution in [3.63, 3.8) is 0 Å². The van der Waals surface area contributed by atoms with E-state index in [0.29, 0.717) is 0 Å². The van der Waals surface area contributed by atoms with E-state index < -0.39 is 0 Å². The van der Waals surface area contributed by atoms with Crippen LogP contribution in [0, 0.1) is 0 Å². The maximum atomic E-state index is 4.26. The Bertz CT molecular complexity index is 69.1. The van der Waals surface area contributed by atoms with Gasteiger partial charge in [-0.05, 0) is 0 Å². The fourth-order valence-corrected chi connectivity index (χ4v) is 0. The van der Waals surface area contributed by atoms with E-state index in [-0.39, 0.29) is 83.8 Å². The summed E-state index contributed by atoms with van der Waals surface area (Å²) in [5, 5.41) is 0. The summed E-state index contributed by atoms with van der Waals surface area (Å²) in [5.74, 6) is 0. The van der Waals surface area contributed by atoms with Crippen LogP contribution in [-0.4, -0.2) is 32.7 Å². The van der Waals surface area contributed by atoms with Crippen molar-refractivity contribution < 1.29 is 96.0 Å². The molecule has 0 N–H and O–H groups in total. The van der Waals surface area contributed by atoms with Crippen molar-refractivity contribution in [3.05, 3.63) is 0 Å². The normalized spacial score (nSPS) is 7.38. The molecule has 0 heterocycles. The van der Waals surface area contributed by atoms with Crippen molar-refractivity contribution in [1.29, 1.82) is 0 Å². The zero-order chi connectivity index (χ0) is 9.91. The molecule has 3 nitrogen and oxygen atoms in total. The summed E-state index contributed by atoms with van der Waals surface area (Å²) in [7, 11) is 8.50. The zero-order valence-corrected chi connectivity index (χ0v) is 16.9. The number of nitrogens with zero attached hydrogens (tertiary/aromatic N) is 1. The Labute approximate surface area is 168 Å². The molecule has 9 heteroatoms. The molecule has 0 saturated heterocycles. The minimum absolute atomic E-state index is 0. The molecule has 0 bridgehead atoms. The SMILES string of the molecule is C[N+](C)(C)C.ClOCl.ClOCl.[H-].[H-].[K+].[Na+]. The summed E-state index contributed by atoms with van der Waals surface area (Å²) >= 11 is 17.1. The molecular weight excluding hydrogens is 298 g/mol. The minimum atomic E-state index is 0. The third-order valence-electron chi connectivity index (χ3n) is 0. The summed E-state index contributed by atoms with van der Waals surface area (Å²) in [6.45, 7) is 0. The largest absolute Gasteiger partial charge is 1.00 e. The van der Waals surface area contributed by atoms with Crippen molar-refractivity contribution in [2.45, 2.75) is 0 Å². The van der Waals surface area contributed by atoms with Gasteiger partial charge in [-0.15, -0.1) is 0 Å². The molecule has 0 aliphatic carbocycles. The molecule has 0 fully saturated rings. The summed E-state index contributed by atoms with van der Waals surface area (Å²) in [5.41, 5.74) is 0. The van der Waals surface area contributed by atoms with E-state index in [1.165, 1.54) is 0 Å². The maximum absolute atomic E-state index is 4.26. The molecule has 0 atom stereocenters. The Morgan fingerprint density at radius 2 is 0.846 bits per heavy atom. The summed E-state index contributed by atoms with van der Waals surface area (Å²) in [4.78, 5) is 0. The average molecular weight is 312 g/mol. The number of halogens is 4. The van der Waals surface area contributed by atoms with Crippen LogP contribution in [0.15, 0.2) is 0 Å². The number of rotatable bonds is 0. The Hall–Kier alpha value is 3.68. The van der Waals surface area contributed by atoms with E-state index in [9.17, 15) is 0 Å². The van der Waals surface area contributed by atoms with E-state index in [1.807, 2.05) is 0 Å². The number of hydrogen-bond acceptors (Lipinski definition) is 2. The van der Waals surface area contributed by atoms with Crippen LogP contribution in [-0.2, 0) is 7.68 Å². The molecule has 13 heavy (non-hydrogen) atoms. The minimum Gasteiger partial charge on any atom is -1.00 e. The van der Waals surface area contributed by atoms with Crippen LogP contribution in [0.1, 0.15) is 2.85 Å². The maximum Gasteiger partial charge on any atom is 1.00 e. The third-order valence-corrected chi connectivity index (χ3v) is 0. The second-order valence-corrected chi connectivity index (χ2v) is 3.73. The van der Waals surface area contributed by atoms with Gasteiger partial charge in [0.2, 0.25) is 0 Å². The van der Waals surface area contributed by atoms with Gasteiger partial charge in [-0.1, -0.05) is 0 Å². The monoisotopic (exact) mass is 310 g/mol. The summed E-state index contributed by atoms with van der Waals surface area (Å²) in [6, 6.07) is 0. The van der Waals surface area contributed by atoms with Crippen molar-refractivity contribution >= 4 is 47.5 Å². The van der Waals surface area contributed by atoms with E-state index >= 15 is 0 Å². The van der Waals surface area contributed by atoms with Gasteiger partial charge >= 0.3 is 80.9 Å². The Balaban J connectivity index is -0.0000000117.